The summed E-state index contributed by atoms with van der Waals surface area (Å²) in [5.74, 6) is -0.608. The van der Waals surface area contributed by atoms with Crippen molar-refractivity contribution in [3.63, 3.8) is 0 Å². The van der Waals surface area contributed by atoms with Crippen LogP contribution in [-0.2, 0) is 4.79 Å². The number of rotatable bonds is 3. The van der Waals surface area contributed by atoms with E-state index in [2.05, 4.69) is 4.98 Å². The molecule has 0 aliphatic carbocycles. The molecule has 0 bridgehead atoms. The molecule has 1 aliphatic heterocycles. The number of oxazole rings is 1. The van der Waals surface area contributed by atoms with Gasteiger partial charge in [-0.15, -0.1) is 0 Å². The second-order valence-corrected chi connectivity index (χ2v) is 7.21. The highest BCUT2D eigenvalue weighted by atomic mass is 35.5. The summed E-state index contributed by atoms with van der Waals surface area (Å²) in [6.45, 7) is 3.80. The Bertz CT molecular complexity index is 864. The number of likely N-dealkylation sites (tertiary alicyclic amines) is 1. The van der Waals surface area contributed by atoms with Gasteiger partial charge in [-0.25, -0.2) is 4.98 Å². The molecule has 0 spiro atoms. The van der Waals surface area contributed by atoms with Crippen LogP contribution in [0.5, 0.6) is 0 Å². The highest BCUT2D eigenvalue weighted by molar-refractivity contribution is 6.42. The molecule has 0 radical (unpaired) electrons. The van der Waals surface area contributed by atoms with Gasteiger partial charge in [-0.1, -0.05) is 23.2 Å². The first kappa shape index (κ1) is 17.8. The predicted octanol–water partition coefficient (Wildman–Crippen LogP) is 3.89. The van der Waals surface area contributed by atoms with Gasteiger partial charge >= 0.3 is 5.97 Å². The van der Waals surface area contributed by atoms with Crippen LogP contribution >= 0.6 is 23.2 Å². The van der Waals surface area contributed by atoms with Crippen molar-refractivity contribution < 1.29 is 19.1 Å². The number of benzene rings is 1. The highest BCUT2D eigenvalue weighted by Gasteiger charge is 2.43. The van der Waals surface area contributed by atoms with E-state index in [1.165, 1.54) is 4.90 Å². The standard InChI is InChI=1S/C17H16Cl2N2O4/c1-9-13(15(22)21-6-5-17(2,8-21)16(23)24)20-14(25-9)10-3-4-11(18)12(19)7-10/h3-4,7H,5-6,8H2,1-2H3,(H,23,24). The monoisotopic (exact) mass is 382 g/mol. The number of hydrogen-bond donors (Lipinski definition) is 1. The fraction of sp³-hybridized carbons (Fsp3) is 0.353. The Hall–Kier alpha value is -2.05. The maximum absolute atomic E-state index is 12.7. The molecule has 2 heterocycles. The summed E-state index contributed by atoms with van der Waals surface area (Å²) in [6, 6.07) is 4.94. The third kappa shape index (κ3) is 3.24. The van der Waals surface area contributed by atoms with E-state index in [1.54, 1.807) is 32.0 Å². The number of carbonyl (C=O) groups excluding carboxylic acids is 1. The van der Waals surface area contributed by atoms with Crippen molar-refractivity contribution in [2.45, 2.75) is 20.3 Å². The number of hydrogen-bond acceptors (Lipinski definition) is 4. The van der Waals surface area contributed by atoms with Crippen molar-refractivity contribution in [1.82, 2.24) is 9.88 Å². The van der Waals surface area contributed by atoms with Crippen molar-refractivity contribution in [1.29, 1.82) is 0 Å². The summed E-state index contributed by atoms with van der Waals surface area (Å²) < 4.78 is 5.60. The van der Waals surface area contributed by atoms with E-state index in [1.807, 2.05) is 0 Å². The number of amides is 1. The maximum Gasteiger partial charge on any atom is 0.311 e. The molecular formula is C17H16Cl2N2O4. The molecule has 2 aromatic rings. The number of aliphatic carboxylic acids is 1. The zero-order valence-electron chi connectivity index (χ0n) is 13.7. The molecule has 1 atom stereocenters. The van der Waals surface area contributed by atoms with Crippen LogP contribution in [0.3, 0.4) is 0 Å². The SMILES string of the molecule is Cc1oc(-c2ccc(Cl)c(Cl)c2)nc1C(=O)N1CCC(C)(C(=O)O)C1. The van der Waals surface area contributed by atoms with Crippen LogP contribution in [0.4, 0.5) is 0 Å². The Morgan fingerprint density at radius 3 is 2.64 bits per heavy atom. The quantitative estimate of drug-likeness (QED) is 0.869. The predicted molar refractivity (Wildman–Crippen MR) is 93.0 cm³/mol. The molecule has 1 fully saturated rings. The van der Waals surface area contributed by atoms with E-state index in [9.17, 15) is 14.7 Å². The van der Waals surface area contributed by atoms with Gasteiger partial charge in [-0.3, -0.25) is 9.59 Å². The Kier molecular flexibility index (Phi) is 4.51. The van der Waals surface area contributed by atoms with Crippen molar-refractivity contribution in [2.24, 2.45) is 5.41 Å². The fourth-order valence-electron chi connectivity index (χ4n) is 2.81. The van der Waals surface area contributed by atoms with E-state index >= 15 is 0 Å². The molecule has 0 saturated carbocycles. The van der Waals surface area contributed by atoms with Crippen LogP contribution in [0.25, 0.3) is 11.5 Å². The first-order valence-corrected chi connectivity index (χ1v) is 8.42. The summed E-state index contributed by atoms with van der Waals surface area (Å²) in [4.78, 5) is 29.8. The topological polar surface area (TPSA) is 83.6 Å². The number of aryl methyl sites for hydroxylation is 1. The van der Waals surface area contributed by atoms with Gasteiger partial charge in [0.1, 0.15) is 5.76 Å². The van der Waals surface area contributed by atoms with E-state index in [0.717, 1.165) is 0 Å². The fourth-order valence-corrected chi connectivity index (χ4v) is 3.10. The summed E-state index contributed by atoms with van der Waals surface area (Å²) in [5.41, 5.74) is -0.149. The molecule has 6 nitrogen and oxygen atoms in total. The first-order chi connectivity index (χ1) is 11.7. The number of halogens is 2. The van der Waals surface area contributed by atoms with Crippen molar-refractivity contribution in [3.8, 4) is 11.5 Å². The van der Waals surface area contributed by atoms with Gasteiger partial charge in [0, 0.05) is 18.7 Å². The summed E-state index contributed by atoms with van der Waals surface area (Å²) in [5, 5.41) is 10.1. The number of nitrogens with zero attached hydrogens (tertiary/aromatic N) is 2. The van der Waals surface area contributed by atoms with E-state index in [-0.39, 0.29) is 24.0 Å². The molecular weight excluding hydrogens is 367 g/mol. The van der Waals surface area contributed by atoms with Gasteiger partial charge in [0.05, 0.1) is 15.5 Å². The molecule has 1 aromatic heterocycles. The lowest BCUT2D eigenvalue weighted by Gasteiger charge is -2.19. The number of carboxylic acids is 1. The third-order valence-corrected chi connectivity index (χ3v) is 5.18. The zero-order valence-corrected chi connectivity index (χ0v) is 15.2. The van der Waals surface area contributed by atoms with Crippen molar-refractivity contribution in [2.75, 3.05) is 13.1 Å². The molecule has 1 amide bonds. The Morgan fingerprint density at radius 2 is 2.04 bits per heavy atom. The number of carbonyl (C=O) groups is 2. The summed E-state index contributed by atoms with van der Waals surface area (Å²) in [6.07, 6.45) is 0.407. The van der Waals surface area contributed by atoms with E-state index < -0.39 is 11.4 Å². The molecule has 1 N–H and O–H groups in total. The molecule has 8 heteroatoms. The Morgan fingerprint density at radius 1 is 1.32 bits per heavy atom. The average molecular weight is 383 g/mol. The molecule has 132 valence electrons. The Labute approximate surface area is 154 Å². The maximum atomic E-state index is 12.7. The van der Waals surface area contributed by atoms with E-state index in [0.29, 0.717) is 34.3 Å². The average Bonchev–Trinajstić information content (AvgIpc) is 3.14. The van der Waals surface area contributed by atoms with Crippen molar-refractivity contribution >= 4 is 35.1 Å². The van der Waals surface area contributed by atoms with Gasteiger partial charge in [-0.05, 0) is 38.5 Å². The lowest BCUT2D eigenvalue weighted by Crippen LogP contribution is -2.35. The number of carboxylic acid groups (broad SMARTS) is 1. The van der Waals surface area contributed by atoms with Crippen molar-refractivity contribution in [3.05, 3.63) is 39.7 Å². The highest BCUT2D eigenvalue weighted by Crippen LogP contribution is 2.33. The largest absolute Gasteiger partial charge is 0.481 e. The van der Waals surface area contributed by atoms with Crippen LogP contribution < -0.4 is 0 Å². The molecule has 1 aliphatic rings. The number of aromatic nitrogens is 1. The molecule has 1 saturated heterocycles. The summed E-state index contributed by atoms with van der Waals surface area (Å²) in [7, 11) is 0. The summed E-state index contributed by atoms with van der Waals surface area (Å²) >= 11 is 11.9. The molecule has 25 heavy (non-hydrogen) atoms. The minimum Gasteiger partial charge on any atom is -0.481 e. The normalized spacial score (nSPS) is 20.1. The lowest BCUT2D eigenvalue weighted by atomic mass is 9.90. The van der Waals surface area contributed by atoms with Gasteiger partial charge in [0.25, 0.3) is 5.91 Å². The van der Waals surface area contributed by atoms with Crippen LogP contribution in [0.1, 0.15) is 29.6 Å². The van der Waals surface area contributed by atoms with Gasteiger partial charge in [0.15, 0.2) is 5.69 Å². The van der Waals surface area contributed by atoms with Gasteiger partial charge in [0.2, 0.25) is 5.89 Å². The smallest absolute Gasteiger partial charge is 0.311 e. The molecule has 3 rings (SSSR count). The van der Waals surface area contributed by atoms with Crippen LogP contribution in [0.2, 0.25) is 10.0 Å². The zero-order chi connectivity index (χ0) is 18.4. The Balaban J connectivity index is 1.86. The second-order valence-electron chi connectivity index (χ2n) is 6.40. The van der Waals surface area contributed by atoms with Crippen LogP contribution in [0.15, 0.2) is 22.6 Å². The van der Waals surface area contributed by atoms with E-state index in [4.69, 9.17) is 27.6 Å². The minimum absolute atomic E-state index is 0.148. The minimum atomic E-state index is -0.931. The van der Waals surface area contributed by atoms with Crippen LogP contribution in [-0.4, -0.2) is 40.0 Å². The van der Waals surface area contributed by atoms with Crippen LogP contribution in [0, 0.1) is 12.3 Å². The van der Waals surface area contributed by atoms with Gasteiger partial charge in [-0.2, -0.15) is 0 Å². The molecule has 1 unspecified atom stereocenters. The molecule has 1 aromatic carbocycles. The second kappa shape index (κ2) is 6.35. The van der Waals surface area contributed by atoms with Gasteiger partial charge < -0.3 is 14.4 Å². The lowest BCUT2D eigenvalue weighted by molar-refractivity contribution is -0.147. The first-order valence-electron chi connectivity index (χ1n) is 7.67. The third-order valence-electron chi connectivity index (χ3n) is 4.44.